The molecule has 154 valence electrons. The number of amides is 3. The van der Waals surface area contributed by atoms with E-state index in [1.165, 1.54) is 12.1 Å². The number of urea groups is 1. The summed E-state index contributed by atoms with van der Waals surface area (Å²) in [5.41, 5.74) is 1.76. The van der Waals surface area contributed by atoms with Crippen LogP contribution in [0.25, 0.3) is 0 Å². The number of anilines is 2. The van der Waals surface area contributed by atoms with Gasteiger partial charge in [0, 0.05) is 23.5 Å². The smallest absolute Gasteiger partial charge is 0.323 e. The molecule has 0 spiro atoms. The second kappa shape index (κ2) is 10.6. The lowest BCUT2D eigenvalue weighted by Crippen LogP contribution is -2.25. The van der Waals surface area contributed by atoms with Crippen LogP contribution in [0, 0.1) is 5.82 Å². The topological polar surface area (TPSA) is 79.5 Å². The van der Waals surface area contributed by atoms with Crippen molar-refractivity contribution in [2.24, 2.45) is 0 Å². The summed E-state index contributed by atoms with van der Waals surface area (Å²) in [6.45, 7) is 0.852. The van der Waals surface area contributed by atoms with E-state index in [1.54, 1.807) is 48.5 Å². The van der Waals surface area contributed by atoms with Crippen LogP contribution in [0.5, 0.6) is 5.75 Å². The Kier molecular flexibility index (Phi) is 7.38. The van der Waals surface area contributed by atoms with Crippen LogP contribution in [0.2, 0.25) is 0 Å². The van der Waals surface area contributed by atoms with E-state index in [-0.39, 0.29) is 17.8 Å². The van der Waals surface area contributed by atoms with Crippen LogP contribution in [-0.2, 0) is 0 Å². The fourth-order valence-corrected chi connectivity index (χ4v) is 2.62. The highest BCUT2D eigenvalue weighted by molar-refractivity contribution is 6.00. The van der Waals surface area contributed by atoms with Crippen molar-refractivity contribution in [1.29, 1.82) is 0 Å². The van der Waals surface area contributed by atoms with Crippen LogP contribution in [0.15, 0.2) is 78.9 Å². The van der Waals surface area contributed by atoms with E-state index in [0.29, 0.717) is 42.3 Å². The third kappa shape index (κ3) is 6.63. The number of halogens is 1. The largest absolute Gasteiger partial charge is 0.494 e. The van der Waals surface area contributed by atoms with Crippen LogP contribution in [0.3, 0.4) is 0 Å². The molecule has 0 atom stereocenters. The first-order valence-electron chi connectivity index (χ1n) is 9.50. The first-order chi connectivity index (χ1) is 14.6. The Morgan fingerprint density at radius 2 is 1.43 bits per heavy atom. The number of carbonyl (C=O) groups is 2. The van der Waals surface area contributed by atoms with Crippen molar-refractivity contribution in [2.75, 3.05) is 23.8 Å². The van der Waals surface area contributed by atoms with E-state index in [9.17, 15) is 14.0 Å². The second-order valence-electron chi connectivity index (χ2n) is 6.43. The molecule has 7 heteroatoms. The van der Waals surface area contributed by atoms with Gasteiger partial charge in [0.05, 0.1) is 6.61 Å². The van der Waals surface area contributed by atoms with Gasteiger partial charge >= 0.3 is 6.03 Å². The predicted octanol–water partition coefficient (Wildman–Crippen LogP) is 4.67. The van der Waals surface area contributed by atoms with Crippen molar-refractivity contribution in [3.8, 4) is 5.75 Å². The van der Waals surface area contributed by atoms with Crippen LogP contribution in [0.1, 0.15) is 16.8 Å². The maximum absolute atomic E-state index is 12.8. The molecular formula is C23H22FN3O3. The zero-order valence-electron chi connectivity index (χ0n) is 16.2. The van der Waals surface area contributed by atoms with Crippen molar-refractivity contribution in [2.45, 2.75) is 6.42 Å². The SMILES string of the molecule is O=C(Nc1ccccc1)Nc1ccc(C(=O)NCCCOc2ccc(F)cc2)cc1. The van der Waals surface area contributed by atoms with E-state index >= 15 is 0 Å². The minimum absolute atomic E-state index is 0.211. The van der Waals surface area contributed by atoms with Gasteiger partial charge in [-0.25, -0.2) is 9.18 Å². The molecule has 0 aliphatic heterocycles. The third-order valence-electron chi connectivity index (χ3n) is 4.13. The van der Waals surface area contributed by atoms with Gasteiger partial charge in [-0.15, -0.1) is 0 Å². The number of para-hydroxylation sites is 1. The molecule has 0 bridgehead atoms. The van der Waals surface area contributed by atoms with Gasteiger partial charge in [-0.05, 0) is 67.1 Å². The summed E-state index contributed by atoms with van der Waals surface area (Å²) in [6.07, 6.45) is 0.614. The summed E-state index contributed by atoms with van der Waals surface area (Å²) in [5.74, 6) is 0.0619. The lowest BCUT2D eigenvalue weighted by molar-refractivity contribution is 0.0951. The van der Waals surface area contributed by atoms with Crippen LogP contribution in [-0.4, -0.2) is 25.1 Å². The van der Waals surface area contributed by atoms with Gasteiger partial charge in [0.1, 0.15) is 11.6 Å². The fourth-order valence-electron chi connectivity index (χ4n) is 2.62. The quantitative estimate of drug-likeness (QED) is 0.475. The Bertz CT molecular complexity index is 961. The lowest BCUT2D eigenvalue weighted by Gasteiger charge is -2.09. The first kappa shape index (κ1) is 20.9. The molecular weight excluding hydrogens is 385 g/mol. The molecule has 0 saturated carbocycles. The van der Waals surface area contributed by atoms with Crippen molar-refractivity contribution in [3.05, 3.63) is 90.2 Å². The van der Waals surface area contributed by atoms with Gasteiger partial charge in [-0.1, -0.05) is 18.2 Å². The Morgan fingerprint density at radius 1 is 0.800 bits per heavy atom. The number of ether oxygens (including phenoxy) is 1. The van der Waals surface area contributed by atoms with E-state index in [2.05, 4.69) is 16.0 Å². The lowest BCUT2D eigenvalue weighted by atomic mass is 10.2. The fraction of sp³-hybridized carbons (Fsp3) is 0.130. The van der Waals surface area contributed by atoms with Crippen molar-refractivity contribution in [1.82, 2.24) is 5.32 Å². The number of benzene rings is 3. The molecule has 0 aliphatic carbocycles. The first-order valence-corrected chi connectivity index (χ1v) is 9.50. The monoisotopic (exact) mass is 407 g/mol. The van der Waals surface area contributed by atoms with E-state index in [4.69, 9.17) is 4.74 Å². The van der Waals surface area contributed by atoms with E-state index in [0.717, 1.165) is 0 Å². The molecule has 3 aromatic carbocycles. The molecule has 0 heterocycles. The number of rotatable bonds is 8. The summed E-state index contributed by atoms with van der Waals surface area (Å²) in [4.78, 5) is 24.2. The van der Waals surface area contributed by atoms with E-state index in [1.807, 2.05) is 18.2 Å². The average molecular weight is 407 g/mol. The van der Waals surface area contributed by atoms with Crippen LogP contribution < -0.4 is 20.7 Å². The normalized spacial score (nSPS) is 10.2. The molecule has 6 nitrogen and oxygen atoms in total. The van der Waals surface area contributed by atoms with Gasteiger partial charge in [-0.3, -0.25) is 4.79 Å². The van der Waals surface area contributed by atoms with Crippen molar-refractivity contribution >= 4 is 23.3 Å². The van der Waals surface area contributed by atoms with Gasteiger partial charge in [0.25, 0.3) is 5.91 Å². The summed E-state index contributed by atoms with van der Waals surface area (Å²) in [5, 5.41) is 8.24. The number of carbonyl (C=O) groups excluding carboxylic acids is 2. The van der Waals surface area contributed by atoms with Gasteiger partial charge < -0.3 is 20.7 Å². The third-order valence-corrected chi connectivity index (χ3v) is 4.13. The average Bonchev–Trinajstić information content (AvgIpc) is 2.76. The Labute approximate surface area is 174 Å². The highest BCUT2D eigenvalue weighted by atomic mass is 19.1. The van der Waals surface area contributed by atoms with Gasteiger partial charge in [-0.2, -0.15) is 0 Å². The molecule has 30 heavy (non-hydrogen) atoms. The molecule has 0 fully saturated rings. The molecule has 0 unspecified atom stereocenters. The van der Waals surface area contributed by atoms with Crippen LogP contribution >= 0.6 is 0 Å². The molecule has 3 rings (SSSR count). The second-order valence-corrected chi connectivity index (χ2v) is 6.43. The summed E-state index contributed by atoms with van der Waals surface area (Å²) >= 11 is 0. The predicted molar refractivity (Wildman–Crippen MR) is 114 cm³/mol. The molecule has 0 radical (unpaired) electrons. The van der Waals surface area contributed by atoms with Crippen LogP contribution in [0.4, 0.5) is 20.6 Å². The zero-order chi connectivity index (χ0) is 21.2. The standard InChI is InChI=1S/C23H22FN3O3/c24-18-9-13-21(14-10-18)30-16-4-15-25-22(28)17-7-11-20(12-8-17)27-23(29)26-19-5-2-1-3-6-19/h1-3,5-14H,4,15-16H2,(H,25,28)(H2,26,27,29). The molecule has 3 amide bonds. The van der Waals surface area contributed by atoms with Crippen molar-refractivity contribution in [3.63, 3.8) is 0 Å². The highest BCUT2D eigenvalue weighted by Crippen LogP contribution is 2.12. The van der Waals surface area contributed by atoms with Gasteiger partial charge in [0.2, 0.25) is 0 Å². The minimum Gasteiger partial charge on any atom is -0.494 e. The molecule has 0 aromatic heterocycles. The Morgan fingerprint density at radius 3 is 2.10 bits per heavy atom. The number of hydrogen-bond donors (Lipinski definition) is 3. The summed E-state index contributed by atoms with van der Waals surface area (Å²) < 4.78 is 18.3. The van der Waals surface area contributed by atoms with E-state index < -0.39 is 0 Å². The summed E-state index contributed by atoms with van der Waals surface area (Å²) in [7, 11) is 0. The minimum atomic E-state index is -0.362. The van der Waals surface area contributed by atoms with Gasteiger partial charge in [0.15, 0.2) is 0 Å². The maximum atomic E-state index is 12.8. The zero-order valence-corrected chi connectivity index (χ0v) is 16.2. The number of hydrogen-bond acceptors (Lipinski definition) is 3. The molecule has 3 aromatic rings. The Hall–Kier alpha value is -3.87. The Balaban J connectivity index is 1.38. The maximum Gasteiger partial charge on any atom is 0.323 e. The summed E-state index contributed by atoms with van der Waals surface area (Å²) in [6, 6.07) is 21.1. The number of nitrogens with one attached hydrogen (secondary N) is 3. The molecule has 3 N–H and O–H groups in total. The van der Waals surface area contributed by atoms with Crippen molar-refractivity contribution < 1.29 is 18.7 Å². The highest BCUT2D eigenvalue weighted by Gasteiger charge is 2.07. The molecule has 0 saturated heterocycles. The molecule has 0 aliphatic rings.